The summed E-state index contributed by atoms with van der Waals surface area (Å²) in [6.45, 7) is 0.618. The lowest BCUT2D eigenvalue weighted by atomic mass is 9.98. The highest BCUT2D eigenvalue weighted by Gasteiger charge is 2.26. The summed E-state index contributed by atoms with van der Waals surface area (Å²) < 4.78 is 0. The van der Waals surface area contributed by atoms with Crippen LogP contribution >= 0.6 is 0 Å². The fraction of sp³-hybridized carbons (Fsp3) is 0.300. The molecule has 0 aliphatic rings. The second-order valence-corrected chi connectivity index (χ2v) is 9.30. The van der Waals surface area contributed by atoms with Crippen molar-refractivity contribution in [3.63, 3.8) is 0 Å². The topological polar surface area (TPSA) is 158 Å². The van der Waals surface area contributed by atoms with Crippen LogP contribution in [0.4, 0.5) is 5.82 Å². The zero-order chi connectivity index (χ0) is 28.7. The van der Waals surface area contributed by atoms with Gasteiger partial charge in [0.2, 0.25) is 11.8 Å². The number of rotatable bonds is 16. The van der Waals surface area contributed by atoms with E-state index in [1.54, 1.807) is 18.3 Å². The Hall–Kier alpha value is -4.73. The third kappa shape index (κ3) is 10.2. The van der Waals surface area contributed by atoms with Crippen molar-refractivity contribution in [1.82, 2.24) is 15.6 Å². The molecule has 1 unspecified atom stereocenters. The largest absolute Gasteiger partial charge is 0.481 e. The maximum atomic E-state index is 13.1. The Morgan fingerprint density at radius 1 is 0.750 bits per heavy atom. The molecular weight excluding hydrogens is 512 g/mol. The van der Waals surface area contributed by atoms with Crippen LogP contribution < -0.4 is 16.0 Å². The van der Waals surface area contributed by atoms with Crippen LogP contribution in [0.2, 0.25) is 0 Å². The van der Waals surface area contributed by atoms with E-state index in [2.05, 4.69) is 20.9 Å². The molecule has 1 aromatic heterocycles. The number of amides is 2. The number of unbranched alkanes of at least 4 members (excludes halogenated alkanes) is 1. The molecule has 3 aromatic rings. The number of pyridine rings is 1. The van der Waals surface area contributed by atoms with E-state index < -0.39 is 29.9 Å². The molecule has 5 N–H and O–H groups in total. The summed E-state index contributed by atoms with van der Waals surface area (Å²) in [5.74, 6) is -2.49. The first kappa shape index (κ1) is 29.8. The quantitative estimate of drug-likeness (QED) is 0.169. The van der Waals surface area contributed by atoms with Crippen molar-refractivity contribution in [3.8, 4) is 11.1 Å². The summed E-state index contributed by atoms with van der Waals surface area (Å²) in [5, 5.41) is 27.1. The van der Waals surface area contributed by atoms with E-state index >= 15 is 0 Å². The van der Waals surface area contributed by atoms with Gasteiger partial charge in [0, 0.05) is 25.6 Å². The van der Waals surface area contributed by atoms with E-state index in [-0.39, 0.29) is 31.6 Å². The number of carboxylic acids is 2. The fourth-order valence-electron chi connectivity index (χ4n) is 4.14. The molecule has 0 saturated heterocycles. The van der Waals surface area contributed by atoms with Gasteiger partial charge in [-0.15, -0.1) is 0 Å². The third-order valence-corrected chi connectivity index (χ3v) is 6.22. The van der Waals surface area contributed by atoms with E-state index in [0.29, 0.717) is 24.9 Å². The minimum Gasteiger partial charge on any atom is -0.481 e. The Morgan fingerprint density at radius 2 is 1.45 bits per heavy atom. The van der Waals surface area contributed by atoms with E-state index in [1.807, 2.05) is 60.7 Å². The maximum Gasteiger partial charge on any atom is 0.305 e. The number of aliphatic carboxylic acids is 2. The Balaban J connectivity index is 1.59. The SMILES string of the molecule is O=C(O)CC[C@H](NC(=O)CCCCNc1ccccn1)C(=O)NC(CC(=O)O)c1ccc(-c2ccccc2)cc1. The van der Waals surface area contributed by atoms with E-state index in [1.165, 1.54) is 0 Å². The molecular formula is C30H34N4O6. The Kier molecular flexibility index (Phi) is 11.6. The van der Waals surface area contributed by atoms with Gasteiger partial charge in [0.05, 0.1) is 12.5 Å². The van der Waals surface area contributed by atoms with Gasteiger partial charge >= 0.3 is 11.9 Å². The van der Waals surface area contributed by atoms with Gasteiger partial charge in [0.15, 0.2) is 0 Å². The second-order valence-electron chi connectivity index (χ2n) is 9.30. The molecule has 0 radical (unpaired) electrons. The van der Waals surface area contributed by atoms with Gasteiger partial charge in [-0.3, -0.25) is 19.2 Å². The van der Waals surface area contributed by atoms with E-state index in [4.69, 9.17) is 5.11 Å². The van der Waals surface area contributed by atoms with Crippen LogP contribution in [0.25, 0.3) is 11.1 Å². The Morgan fingerprint density at radius 3 is 2.10 bits per heavy atom. The van der Waals surface area contributed by atoms with Crippen molar-refractivity contribution >= 4 is 29.6 Å². The number of nitrogens with one attached hydrogen (secondary N) is 3. The highest BCUT2D eigenvalue weighted by molar-refractivity contribution is 5.88. The minimum absolute atomic E-state index is 0.124. The first-order chi connectivity index (χ1) is 19.3. The standard InChI is InChI=1S/C30H34N4O6/c35-27(11-5-7-19-32-26-10-4-6-18-31-26)33-24(16-17-28(36)37)30(40)34-25(20-29(38)39)23-14-12-22(13-15-23)21-8-2-1-3-9-21/h1-4,6,8-10,12-15,18,24-25H,5,7,11,16-17,19-20H2,(H,31,32)(H,33,35)(H,34,40)(H,36,37)(H,38,39)/t24-,25?/m0/s1. The summed E-state index contributed by atoms with van der Waals surface area (Å²) in [6, 6.07) is 20.4. The van der Waals surface area contributed by atoms with Crippen molar-refractivity contribution in [2.75, 3.05) is 11.9 Å². The lowest BCUT2D eigenvalue weighted by Crippen LogP contribution is -2.48. The molecule has 0 aliphatic carbocycles. The Labute approximate surface area is 232 Å². The van der Waals surface area contributed by atoms with Crippen LogP contribution in [0.5, 0.6) is 0 Å². The summed E-state index contributed by atoms with van der Waals surface area (Å²) in [6.07, 6.45) is 2.24. The average molecular weight is 547 g/mol. The number of benzene rings is 2. The molecule has 0 bridgehead atoms. The number of carbonyl (C=O) groups is 4. The highest BCUT2D eigenvalue weighted by atomic mass is 16.4. The van der Waals surface area contributed by atoms with Gasteiger partial charge < -0.3 is 26.2 Å². The maximum absolute atomic E-state index is 13.1. The van der Waals surface area contributed by atoms with Crippen molar-refractivity contribution < 1.29 is 29.4 Å². The highest BCUT2D eigenvalue weighted by Crippen LogP contribution is 2.24. The lowest BCUT2D eigenvalue weighted by molar-refractivity contribution is -0.138. The smallest absolute Gasteiger partial charge is 0.305 e. The number of anilines is 1. The van der Waals surface area contributed by atoms with Gasteiger partial charge in [0.25, 0.3) is 0 Å². The molecule has 2 aromatic carbocycles. The number of hydrogen-bond donors (Lipinski definition) is 5. The molecule has 0 aliphatic heterocycles. The molecule has 10 nitrogen and oxygen atoms in total. The average Bonchev–Trinajstić information content (AvgIpc) is 2.95. The number of carbonyl (C=O) groups excluding carboxylic acids is 2. The Bertz CT molecular complexity index is 1250. The van der Waals surface area contributed by atoms with Crippen LogP contribution in [0.15, 0.2) is 79.0 Å². The molecule has 2 atom stereocenters. The minimum atomic E-state index is -1.12. The van der Waals surface area contributed by atoms with Gasteiger partial charge in [0.1, 0.15) is 11.9 Å². The van der Waals surface area contributed by atoms with Crippen LogP contribution in [0.1, 0.15) is 50.1 Å². The summed E-state index contributed by atoms with van der Waals surface area (Å²) in [4.78, 5) is 52.6. The summed E-state index contributed by atoms with van der Waals surface area (Å²) in [7, 11) is 0. The van der Waals surface area contributed by atoms with Gasteiger partial charge in [-0.2, -0.15) is 0 Å². The van der Waals surface area contributed by atoms with Crippen LogP contribution in [0.3, 0.4) is 0 Å². The predicted molar refractivity (Wildman–Crippen MR) is 150 cm³/mol. The second kappa shape index (κ2) is 15.6. The molecule has 0 spiro atoms. The molecule has 10 heteroatoms. The summed E-state index contributed by atoms with van der Waals surface area (Å²) in [5.41, 5.74) is 2.52. The number of carboxylic acid groups (broad SMARTS) is 2. The van der Waals surface area contributed by atoms with Crippen LogP contribution in [-0.2, 0) is 19.2 Å². The normalized spacial score (nSPS) is 12.1. The molecule has 2 amide bonds. The molecule has 0 saturated carbocycles. The fourth-order valence-corrected chi connectivity index (χ4v) is 4.14. The predicted octanol–water partition coefficient (Wildman–Crippen LogP) is 4.01. The number of hydrogen-bond acceptors (Lipinski definition) is 6. The van der Waals surface area contributed by atoms with Crippen LogP contribution in [-0.4, -0.2) is 51.5 Å². The van der Waals surface area contributed by atoms with Gasteiger partial charge in [-0.05, 0) is 48.1 Å². The van der Waals surface area contributed by atoms with E-state index in [9.17, 15) is 24.3 Å². The molecule has 0 fully saturated rings. The van der Waals surface area contributed by atoms with Crippen molar-refractivity contribution in [1.29, 1.82) is 0 Å². The van der Waals surface area contributed by atoms with Crippen molar-refractivity contribution in [2.45, 2.75) is 50.6 Å². The zero-order valence-corrected chi connectivity index (χ0v) is 22.1. The van der Waals surface area contributed by atoms with Crippen LogP contribution in [0, 0.1) is 0 Å². The molecule has 40 heavy (non-hydrogen) atoms. The third-order valence-electron chi connectivity index (χ3n) is 6.22. The first-order valence-electron chi connectivity index (χ1n) is 13.2. The number of nitrogens with zero attached hydrogens (tertiary/aromatic N) is 1. The van der Waals surface area contributed by atoms with Gasteiger partial charge in [-0.25, -0.2) is 4.98 Å². The first-order valence-corrected chi connectivity index (χ1v) is 13.2. The molecule has 210 valence electrons. The number of aromatic nitrogens is 1. The summed E-state index contributed by atoms with van der Waals surface area (Å²) >= 11 is 0. The van der Waals surface area contributed by atoms with E-state index in [0.717, 1.165) is 16.9 Å². The zero-order valence-electron chi connectivity index (χ0n) is 22.1. The van der Waals surface area contributed by atoms with Crippen molar-refractivity contribution in [2.24, 2.45) is 0 Å². The monoisotopic (exact) mass is 546 g/mol. The lowest BCUT2D eigenvalue weighted by Gasteiger charge is -2.23. The van der Waals surface area contributed by atoms with Gasteiger partial charge in [-0.1, -0.05) is 60.7 Å². The van der Waals surface area contributed by atoms with Crippen molar-refractivity contribution in [3.05, 3.63) is 84.6 Å². The molecule has 1 heterocycles. The molecule has 3 rings (SSSR count).